The first kappa shape index (κ1) is 17.1. The van der Waals surface area contributed by atoms with Gasteiger partial charge in [-0.2, -0.15) is 10.2 Å². The molecule has 6 nitrogen and oxygen atoms in total. The second-order valence-corrected chi connectivity index (χ2v) is 6.26. The fourth-order valence-corrected chi connectivity index (χ4v) is 2.96. The number of halogens is 1. The van der Waals surface area contributed by atoms with Gasteiger partial charge in [0, 0.05) is 30.6 Å². The van der Waals surface area contributed by atoms with E-state index in [2.05, 4.69) is 25.6 Å². The predicted molar refractivity (Wildman–Crippen MR) is 103 cm³/mol. The summed E-state index contributed by atoms with van der Waals surface area (Å²) in [4.78, 5) is 8.58. The molecule has 136 valence electrons. The van der Waals surface area contributed by atoms with Gasteiger partial charge in [0.1, 0.15) is 11.5 Å². The van der Waals surface area contributed by atoms with Gasteiger partial charge in [0.05, 0.1) is 23.1 Å². The summed E-state index contributed by atoms with van der Waals surface area (Å²) in [7, 11) is 0. The Labute approximate surface area is 155 Å². The maximum Gasteiger partial charge on any atom is 0.153 e. The van der Waals surface area contributed by atoms with Gasteiger partial charge in [-0.25, -0.2) is 13.9 Å². The van der Waals surface area contributed by atoms with E-state index < -0.39 is 0 Å². The van der Waals surface area contributed by atoms with Crippen molar-refractivity contribution < 1.29 is 4.39 Å². The molecular formula is C20H19FN6. The molecule has 3 heterocycles. The minimum atomic E-state index is -0.280. The van der Waals surface area contributed by atoms with Crippen molar-refractivity contribution in [2.75, 3.05) is 6.54 Å². The Hall–Kier alpha value is -3.35. The zero-order valence-corrected chi connectivity index (χ0v) is 15.1. The van der Waals surface area contributed by atoms with Gasteiger partial charge < -0.3 is 5.43 Å². The second-order valence-electron chi connectivity index (χ2n) is 6.26. The number of pyridine rings is 1. The Bertz CT molecular complexity index is 1150. The van der Waals surface area contributed by atoms with Crippen LogP contribution in [-0.4, -0.2) is 31.8 Å². The summed E-state index contributed by atoms with van der Waals surface area (Å²) in [6.45, 7) is 4.62. The Kier molecular flexibility index (Phi) is 4.50. The molecule has 1 N–H and O–H groups in total. The number of nitrogens with zero attached hydrogens (tertiary/aromatic N) is 5. The third-order valence-electron chi connectivity index (χ3n) is 4.35. The average molecular weight is 362 g/mol. The first-order chi connectivity index (χ1) is 13.2. The molecule has 0 saturated heterocycles. The number of hydrogen-bond donors (Lipinski definition) is 1. The zero-order chi connectivity index (χ0) is 18.8. The lowest BCUT2D eigenvalue weighted by atomic mass is 10.1. The summed E-state index contributed by atoms with van der Waals surface area (Å²) in [5.41, 5.74) is 7.21. The van der Waals surface area contributed by atoms with E-state index in [4.69, 9.17) is 0 Å². The minimum Gasteiger partial charge on any atom is -0.310 e. The lowest BCUT2D eigenvalue weighted by Gasteiger charge is -2.07. The summed E-state index contributed by atoms with van der Waals surface area (Å²) in [6.07, 6.45) is 3.78. The quantitative estimate of drug-likeness (QED) is 0.437. The standard InChI is InChI=1S/C20H19FN6/c1-3-24-25-13(2)18-6-7-20-23-12-16(27(20)26-18)10-15-9-14-5-4-8-22-19(14)11-17(15)21/h4-9,11-12,24H,3,10H2,1-2H3/b25-13+. The monoisotopic (exact) mass is 362 g/mol. The zero-order valence-electron chi connectivity index (χ0n) is 15.1. The molecule has 4 rings (SSSR count). The highest BCUT2D eigenvalue weighted by molar-refractivity contribution is 5.96. The van der Waals surface area contributed by atoms with E-state index in [-0.39, 0.29) is 5.82 Å². The van der Waals surface area contributed by atoms with Crippen LogP contribution in [-0.2, 0) is 6.42 Å². The van der Waals surface area contributed by atoms with Crippen LogP contribution in [0.4, 0.5) is 4.39 Å². The number of rotatable bonds is 5. The van der Waals surface area contributed by atoms with E-state index in [1.54, 1.807) is 16.9 Å². The van der Waals surface area contributed by atoms with Crippen LogP contribution < -0.4 is 5.43 Å². The summed E-state index contributed by atoms with van der Waals surface area (Å²) < 4.78 is 16.3. The SMILES string of the molecule is CCN/N=C(\C)c1ccc2ncc(Cc3cc4cccnc4cc3F)n2n1. The van der Waals surface area contributed by atoms with Gasteiger partial charge in [-0.15, -0.1) is 0 Å². The number of fused-ring (bicyclic) bond motifs is 2. The van der Waals surface area contributed by atoms with E-state index in [9.17, 15) is 4.39 Å². The first-order valence-corrected chi connectivity index (χ1v) is 8.80. The molecule has 1 aromatic carbocycles. The van der Waals surface area contributed by atoms with E-state index in [0.29, 0.717) is 23.1 Å². The highest BCUT2D eigenvalue weighted by atomic mass is 19.1. The number of nitrogens with one attached hydrogen (secondary N) is 1. The largest absolute Gasteiger partial charge is 0.310 e. The van der Waals surface area contributed by atoms with Crippen LogP contribution in [0, 0.1) is 5.82 Å². The van der Waals surface area contributed by atoms with Crippen molar-refractivity contribution in [3.63, 3.8) is 0 Å². The maximum atomic E-state index is 14.5. The van der Waals surface area contributed by atoms with Gasteiger partial charge in [-0.05, 0) is 43.7 Å². The number of aromatic nitrogens is 4. The summed E-state index contributed by atoms with van der Waals surface area (Å²) in [5.74, 6) is -0.280. The third kappa shape index (κ3) is 3.36. The van der Waals surface area contributed by atoms with E-state index >= 15 is 0 Å². The topological polar surface area (TPSA) is 67.5 Å². The smallest absolute Gasteiger partial charge is 0.153 e. The molecule has 0 unspecified atom stereocenters. The van der Waals surface area contributed by atoms with Crippen LogP contribution in [0.15, 0.2) is 53.9 Å². The predicted octanol–water partition coefficient (Wildman–Crippen LogP) is 3.34. The molecule has 0 bridgehead atoms. The molecule has 3 aromatic heterocycles. The fraction of sp³-hybridized carbons (Fsp3) is 0.200. The normalized spacial score (nSPS) is 12.0. The fourth-order valence-electron chi connectivity index (χ4n) is 2.96. The lowest BCUT2D eigenvalue weighted by Crippen LogP contribution is -2.11. The number of hydrazone groups is 1. The van der Waals surface area contributed by atoms with Crippen molar-refractivity contribution in [2.24, 2.45) is 5.10 Å². The molecule has 0 amide bonds. The van der Waals surface area contributed by atoms with Gasteiger partial charge in [-0.3, -0.25) is 4.98 Å². The van der Waals surface area contributed by atoms with Gasteiger partial charge in [0.25, 0.3) is 0 Å². The molecule has 0 saturated carbocycles. The lowest BCUT2D eigenvalue weighted by molar-refractivity contribution is 0.614. The summed E-state index contributed by atoms with van der Waals surface area (Å²) >= 11 is 0. The molecule has 0 fully saturated rings. The van der Waals surface area contributed by atoms with E-state index in [1.165, 1.54) is 6.07 Å². The van der Waals surface area contributed by atoms with Gasteiger partial charge in [0.2, 0.25) is 0 Å². The highest BCUT2D eigenvalue weighted by Crippen LogP contribution is 2.20. The van der Waals surface area contributed by atoms with E-state index in [1.807, 2.05) is 44.2 Å². The average Bonchev–Trinajstić information content (AvgIpc) is 3.08. The van der Waals surface area contributed by atoms with Crippen LogP contribution in [0.25, 0.3) is 16.6 Å². The third-order valence-corrected chi connectivity index (χ3v) is 4.35. The maximum absolute atomic E-state index is 14.5. The molecule has 4 aromatic rings. The Balaban J connectivity index is 1.73. The molecule has 0 radical (unpaired) electrons. The van der Waals surface area contributed by atoms with Crippen LogP contribution in [0.5, 0.6) is 0 Å². The minimum absolute atomic E-state index is 0.280. The summed E-state index contributed by atoms with van der Waals surface area (Å²) in [5, 5.41) is 9.80. The Morgan fingerprint density at radius 2 is 2.11 bits per heavy atom. The molecule has 7 heteroatoms. The Morgan fingerprint density at radius 1 is 1.22 bits per heavy atom. The van der Waals surface area contributed by atoms with Crippen LogP contribution in [0.3, 0.4) is 0 Å². The van der Waals surface area contributed by atoms with Crippen molar-refractivity contribution in [3.8, 4) is 0 Å². The number of imidazole rings is 1. The van der Waals surface area contributed by atoms with Crippen molar-refractivity contribution in [1.29, 1.82) is 0 Å². The van der Waals surface area contributed by atoms with Crippen molar-refractivity contribution in [3.05, 3.63) is 71.6 Å². The van der Waals surface area contributed by atoms with Gasteiger partial charge >= 0.3 is 0 Å². The van der Waals surface area contributed by atoms with Gasteiger partial charge in [0.15, 0.2) is 5.65 Å². The summed E-state index contributed by atoms with van der Waals surface area (Å²) in [6, 6.07) is 10.8. The molecule has 0 atom stereocenters. The second kappa shape index (κ2) is 7.11. The first-order valence-electron chi connectivity index (χ1n) is 8.80. The van der Waals surface area contributed by atoms with Gasteiger partial charge in [-0.1, -0.05) is 6.07 Å². The molecule has 0 aliphatic heterocycles. The highest BCUT2D eigenvalue weighted by Gasteiger charge is 2.12. The molecular weight excluding hydrogens is 343 g/mol. The van der Waals surface area contributed by atoms with Crippen molar-refractivity contribution >= 4 is 22.3 Å². The van der Waals surface area contributed by atoms with E-state index in [0.717, 1.165) is 29.0 Å². The van der Waals surface area contributed by atoms with Crippen molar-refractivity contribution in [2.45, 2.75) is 20.3 Å². The molecule has 0 aliphatic carbocycles. The molecule has 27 heavy (non-hydrogen) atoms. The van der Waals surface area contributed by atoms with Crippen LogP contribution in [0.1, 0.15) is 30.8 Å². The molecule has 0 aliphatic rings. The Morgan fingerprint density at radius 3 is 2.96 bits per heavy atom. The number of hydrogen-bond acceptors (Lipinski definition) is 5. The van der Waals surface area contributed by atoms with Crippen molar-refractivity contribution in [1.82, 2.24) is 25.0 Å². The van der Waals surface area contributed by atoms with Crippen LogP contribution >= 0.6 is 0 Å². The number of benzene rings is 1. The molecule has 0 spiro atoms. The van der Waals surface area contributed by atoms with Crippen LogP contribution in [0.2, 0.25) is 0 Å².